The fourth-order valence-corrected chi connectivity index (χ4v) is 25.5. The van der Waals surface area contributed by atoms with Crippen LogP contribution in [-0.4, -0.2) is 27.4 Å². The molecule has 30 aromatic rings. The normalized spacial score (nSPS) is 12.0. The van der Waals surface area contributed by atoms with Gasteiger partial charge in [-0.3, -0.25) is 0 Å². The minimum Gasteiger partial charge on any atom is -0.309 e. The van der Waals surface area contributed by atoms with Crippen LogP contribution < -0.4 is 0 Å². The van der Waals surface area contributed by atoms with E-state index in [4.69, 9.17) is 0 Å². The molecule has 0 radical (unpaired) electrons. The van der Waals surface area contributed by atoms with Crippen molar-refractivity contribution in [2.24, 2.45) is 0 Å². The number of aromatic nitrogens is 6. The third kappa shape index (κ3) is 12.2. The van der Waals surface area contributed by atoms with E-state index in [1.54, 1.807) is 0 Å². The summed E-state index contributed by atoms with van der Waals surface area (Å²) in [6.07, 6.45) is 0. The SMILES string of the molecule is c1ccc(-n2c3ccccc3c3cc(-c4ccc5c(c4)c4c6c(ccc4n5-c4ccccc4)sc4ccccc46)ccc32)cc1.c1ccc(-n2c3ccccc3c3cc(-c4ccc5c(c4)c4c6sc7ccccc7c6ccc4n5-c4ccccc4)ccc32)cc1.c1ccc(-n2c3ccccc3c3cc(-c4ccc5c(c4)c4cc6sc7ccccc7c6cc4n5-c4ccccc4)ccc32)cc1. The topological polar surface area (TPSA) is 29.6 Å². The molecule has 9 heterocycles. The Labute approximate surface area is 787 Å². The molecule has 9 aromatic heterocycles. The van der Waals surface area contributed by atoms with Gasteiger partial charge in [-0.05, 0) is 246 Å². The fraction of sp³-hybridized carbons (Fsp3) is 0. The monoisotopic (exact) mass is 1770 g/mol. The number of hydrogen-bond donors (Lipinski definition) is 0. The Morgan fingerprint density at radius 3 is 0.785 bits per heavy atom. The van der Waals surface area contributed by atoms with Gasteiger partial charge in [-0.1, -0.05) is 261 Å². The number of hydrogen-bond acceptors (Lipinski definition) is 3. The van der Waals surface area contributed by atoms with E-state index >= 15 is 0 Å². The van der Waals surface area contributed by atoms with Crippen LogP contribution in [0.15, 0.2) is 473 Å². The highest BCUT2D eigenvalue weighted by Crippen LogP contribution is 2.50. The van der Waals surface area contributed by atoms with Crippen LogP contribution in [0.5, 0.6) is 0 Å². The molecule has 0 unspecified atom stereocenters. The second-order valence-corrected chi connectivity index (χ2v) is 38.5. The standard InChI is InChI=1S/3C42H26N2S/c1-3-11-29(12-4-1)43-36-17-9-7-15-31(36)34-25-27(19-22-37(34)43)28-20-23-38-35(26-28)41-39(44(38)30-13-5-2-6-14-30)24-21-33-32-16-8-10-18-40(32)45-42(33)41;1-3-11-29(12-4-1)43-37-17-9-7-15-31(37)33-23-27(19-21-38(33)43)28-20-22-39-34(24-28)35-26-42-36(32-16-8-10-18-41(32)45-42)25-40(35)44(39)30-13-5-2-6-14-30;1-3-11-29(12-4-1)43-35-17-9-7-15-31(35)33-25-27(19-21-36(33)43)28-20-22-37-34(26-28)41-38(44(37)30-13-5-2-6-14-30)23-24-40-42(41)32-16-8-10-18-39(32)45-40/h3*1-26H. The van der Waals surface area contributed by atoms with E-state index in [9.17, 15) is 0 Å². The highest BCUT2D eigenvalue weighted by Gasteiger charge is 2.25. The van der Waals surface area contributed by atoms with Gasteiger partial charge in [0.25, 0.3) is 0 Å². The minimum absolute atomic E-state index is 1.18. The summed E-state index contributed by atoms with van der Waals surface area (Å²) in [5, 5.41) is 23.4. The van der Waals surface area contributed by atoms with Crippen molar-refractivity contribution >= 4 is 225 Å². The molecule has 0 bridgehead atoms. The van der Waals surface area contributed by atoms with Gasteiger partial charge < -0.3 is 27.4 Å². The van der Waals surface area contributed by atoms with Crippen LogP contribution in [0.4, 0.5) is 0 Å². The van der Waals surface area contributed by atoms with E-state index in [2.05, 4.69) is 501 Å². The molecule has 0 saturated carbocycles. The Balaban J connectivity index is 0.000000101. The van der Waals surface area contributed by atoms with E-state index in [1.165, 1.54) is 259 Å². The van der Waals surface area contributed by atoms with Gasteiger partial charge in [-0.25, -0.2) is 0 Å². The Hall–Kier alpha value is -16.9. The first kappa shape index (κ1) is 76.9. The third-order valence-electron chi connectivity index (χ3n) is 27.9. The number of fused-ring (bicyclic) bond motifs is 29. The maximum absolute atomic E-state index is 2.43. The molecule has 9 heteroatoms. The first-order chi connectivity index (χ1) is 67.0. The average Bonchev–Trinajstić information content (AvgIpc) is 1.56. The number of thiophene rings is 3. The third-order valence-corrected chi connectivity index (χ3v) is 31.4. The summed E-state index contributed by atoms with van der Waals surface area (Å²) in [5.74, 6) is 0. The van der Waals surface area contributed by atoms with Crippen molar-refractivity contribution in [2.45, 2.75) is 0 Å². The second kappa shape index (κ2) is 30.9. The zero-order valence-electron chi connectivity index (χ0n) is 72.9. The van der Waals surface area contributed by atoms with Crippen molar-refractivity contribution in [3.05, 3.63) is 473 Å². The van der Waals surface area contributed by atoms with E-state index in [0.717, 1.165) is 0 Å². The maximum atomic E-state index is 2.43. The molecule has 21 aromatic carbocycles. The lowest BCUT2D eigenvalue weighted by atomic mass is 9.99. The predicted molar refractivity (Wildman–Crippen MR) is 580 cm³/mol. The molecule has 0 saturated heterocycles. The van der Waals surface area contributed by atoms with Gasteiger partial charge in [0, 0.05) is 159 Å². The summed E-state index contributed by atoms with van der Waals surface area (Å²) in [7, 11) is 0. The van der Waals surface area contributed by atoms with Gasteiger partial charge >= 0.3 is 0 Å². The van der Waals surface area contributed by atoms with Crippen LogP contribution in [0.2, 0.25) is 0 Å². The van der Waals surface area contributed by atoms with Crippen LogP contribution in [0.3, 0.4) is 0 Å². The van der Waals surface area contributed by atoms with E-state index in [1.807, 2.05) is 34.0 Å². The van der Waals surface area contributed by atoms with Gasteiger partial charge in [-0.2, -0.15) is 0 Å². The van der Waals surface area contributed by atoms with Gasteiger partial charge in [0.15, 0.2) is 0 Å². The number of benzene rings is 21. The van der Waals surface area contributed by atoms with Crippen LogP contribution >= 0.6 is 34.0 Å². The average molecular weight is 1770 g/mol. The largest absolute Gasteiger partial charge is 0.309 e. The number of para-hydroxylation sites is 9. The highest BCUT2D eigenvalue weighted by atomic mass is 32.1. The predicted octanol–water partition coefficient (Wildman–Crippen LogP) is 35.7. The fourth-order valence-electron chi connectivity index (χ4n) is 22.0. The van der Waals surface area contributed by atoms with Gasteiger partial charge in [0.05, 0.1) is 66.2 Å². The summed E-state index contributed by atoms with van der Waals surface area (Å²) in [4.78, 5) is 0. The molecule has 0 atom stereocenters. The molecule has 6 nitrogen and oxygen atoms in total. The molecule has 0 aliphatic rings. The molecule has 0 N–H and O–H groups in total. The summed E-state index contributed by atoms with van der Waals surface area (Å²) >= 11 is 5.67. The van der Waals surface area contributed by atoms with Crippen molar-refractivity contribution in [2.75, 3.05) is 0 Å². The van der Waals surface area contributed by atoms with Crippen molar-refractivity contribution in [3.8, 4) is 67.5 Å². The Kier molecular flexibility index (Phi) is 17.6. The van der Waals surface area contributed by atoms with Gasteiger partial charge in [-0.15, -0.1) is 34.0 Å². The zero-order chi connectivity index (χ0) is 88.5. The summed E-state index contributed by atoms with van der Waals surface area (Å²) in [6.45, 7) is 0. The van der Waals surface area contributed by atoms with Crippen LogP contribution in [0, 0.1) is 0 Å². The molecule has 0 aliphatic carbocycles. The first-order valence-electron chi connectivity index (χ1n) is 46.1. The second-order valence-electron chi connectivity index (χ2n) is 35.3. The van der Waals surface area contributed by atoms with Crippen molar-refractivity contribution in [1.82, 2.24) is 27.4 Å². The molecule has 0 fully saturated rings. The Bertz CT molecular complexity index is 10000. The minimum atomic E-state index is 1.18. The van der Waals surface area contributed by atoms with Crippen LogP contribution in [-0.2, 0) is 0 Å². The van der Waals surface area contributed by atoms with Crippen molar-refractivity contribution in [3.63, 3.8) is 0 Å². The highest BCUT2D eigenvalue weighted by molar-refractivity contribution is 7.27. The molecule has 135 heavy (non-hydrogen) atoms. The number of nitrogens with zero attached hydrogens (tertiary/aromatic N) is 6. The lowest BCUT2D eigenvalue weighted by Crippen LogP contribution is -1.93. The van der Waals surface area contributed by atoms with Gasteiger partial charge in [0.1, 0.15) is 0 Å². The lowest BCUT2D eigenvalue weighted by Gasteiger charge is -2.09. The zero-order valence-corrected chi connectivity index (χ0v) is 75.4. The molecule has 630 valence electrons. The Morgan fingerprint density at radius 2 is 0.378 bits per heavy atom. The van der Waals surface area contributed by atoms with Gasteiger partial charge in [0.2, 0.25) is 0 Å². The summed E-state index contributed by atoms with van der Waals surface area (Å²) in [6, 6.07) is 173. The smallest absolute Gasteiger partial charge is 0.0555 e. The van der Waals surface area contributed by atoms with E-state index in [-0.39, 0.29) is 0 Å². The molecule has 30 rings (SSSR count). The summed E-state index contributed by atoms with van der Waals surface area (Å²) < 4.78 is 22.4. The quantitative estimate of drug-likeness (QED) is 0.138. The lowest BCUT2D eigenvalue weighted by molar-refractivity contribution is 1.18. The molecular formula is C126H78N6S3. The first-order valence-corrected chi connectivity index (χ1v) is 48.5. The molecule has 0 aliphatic heterocycles. The van der Waals surface area contributed by atoms with Crippen molar-refractivity contribution < 1.29 is 0 Å². The summed E-state index contributed by atoms with van der Waals surface area (Å²) in [5.41, 5.74) is 29.2. The van der Waals surface area contributed by atoms with E-state index < -0.39 is 0 Å². The van der Waals surface area contributed by atoms with Crippen molar-refractivity contribution in [1.29, 1.82) is 0 Å². The Morgan fingerprint density at radius 1 is 0.119 bits per heavy atom. The molecule has 0 spiro atoms. The van der Waals surface area contributed by atoms with E-state index in [0.29, 0.717) is 0 Å². The van der Waals surface area contributed by atoms with Crippen LogP contribution in [0.1, 0.15) is 0 Å². The van der Waals surface area contributed by atoms with Crippen LogP contribution in [0.25, 0.3) is 259 Å². The number of rotatable bonds is 9. The molecular weight excluding hydrogens is 1690 g/mol. The molecule has 0 amide bonds. The maximum Gasteiger partial charge on any atom is 0.0555 e.